The highest BCUT2D eigenvalue weighted by molar-refractivity contribution is 4.62. The highest BCUT2D eigenvalue weighted by atomic mass is 14.2. The van der Waals surface area contributed by atoms with Gasteiger partial charge in [0.25, 0.3) is 0 Å². The van der Waals surface area contributed by atoms with Gasteiger partial charge in [-0.05, 0) is 24.2 Å². The van der Waals surface area contributed by atoms with Crippen molar-refractivity contribution in [3.63, 3.8) is 0 Å². The van der Waals surface area contributed by atoms with Crippen molar-refractivity contribution >= 4 is 0 Å². The first-order chi connectivity index (χ1) is 8.06. The monoisotopic (exact) mass is 240 g/mol. The van der Waals surface area contributed by atoms with Crippen molar-refractivity contribution in [2.24, 2.45) is 17.8 Å². The van der Waals surface area contributed by atoms with Crippen LogP contribution in [0.5, 0.6) is 0 Å². The molecular weight excluding hydrogens is 204 g/mol. The minimum Gasteiger partial charge on any atom is -0.0654 e. The van der Waals surface area contributed by atoms with Crippen molar-refractivity contribution in [2.75, 3.05) is 0 Å². The number of rotatable bonds is 11. The average Bonchev–Trinajstić information content (AvgIpc) is 2.23. The standard InChI is InChI=1S/C17H36/c1-6-7-12-17(14-16(4)5)13-10-8-9-11-15(2)3/h15-17H,6-14H2,1-5H3. The Morgan fingerprint density at radius 1 is 0.647 bits per heavy atom. The van der Waals surface area contributed by atoms with Gasteiger partial charge in [-0.15, -0.1) is 0 Å². The van der Waals surface area contributed by atoms with Crippen molar-refractivity contribution in [3.8, 4) is 0 Å². The fourth-order valence-corrected chi connectivity index (χ4v) is 2.70. The highest BCUT2D eigenvalue weighted by Gasteiger charge is 2.10. The Morgan fingerprint density at radius 2 is 1.24 bits per heavy atom. The molecule has 0 aliphatic carbocycles. The summed E-state index contributed by atoms with van der Waals surface area (Å²) in [7, 11) is 0. The normalized spacial score (nSPS) is 13.6. The number of hydrogen-bond acceptors (Lipinski definition) is 0. The van der Waals surface area contributed by atoms with Crippen molar-refractivity contribution < 1.29 is 0 Å². The molecule has 0 spiro atoms. The SMILES string of the molecule is CCCCC(CCCCCC(C)C)CC(C)C. The number of unbranched alkanes of at least 4 members (excludes halogenated alkanes) is 3. The Balaban J connectivity index is 3.60. The summed E-state index contributed by atoms with van der Waals surface area (Å²) in [5.74, 6) is 2.78. The zero-order valence-electron chi connectivity index (χ0n) is 13.1. The second kappa shape index (κ2) is 11.1. The first-order valence-corrected chi connectivity index (χ1v) is 8.06. The molecule has 0 radical (unpaired) electrons. The molecule has 17 heavy (non-hydrogen) atoms. The fourth-order valence-electron chi connectivity index (χ4n) is 2.70. The first-order valence-electron chi connectivity index (χ1n) is 8.06. The van der Waals surface area contributed by atoms with E-state index >= 15 is 0 Å². The smallest absolute Gasteiger partial charge is 0.0412 e. The molecule has 0 bridgehead atoms. The topological polar surface area (TPSA) is 0 Å². The predicted octanol–water partition coefficient (Wildman–Crippen LogP) is 6.45. The molecule has 0 aliphatic rings. The van der Waals surface area contributed by atoms with E-state index in [1.165, 1.54) is 57.8 Å². The van der Waals surface area contributed by atoms with Gasteiger partial charge in [0.2, 0.25) is 0 Å². The third-order valence-electron chi connectivity index (χ3n) is 3.66. The van der Waals surface area contributed by atoms with Gasteiger partial charge >= 0.3 is 0 Å². The molecule has 0 aromatic heterocycles. The number of hydrogen-bond donors (Lipinski definition) is 0. The zero-order chi connectivity index (χ0) is 13.1. The van der Waals surface area contributed by atoms with Gasteiger partial charge in [-0.25, -0.2) is 0 Å². The van der Waals surface area contributed by atoms with Crippen molar-refractivity contribution in [2.45, 2.75) is 92.4 Å². The molecule has 0 fully saturated rings. The summed E-state index contributed by atoms with van der Waals surface area (Å²) in [4.78, 5) is 0. The third kappa shape index (κ3) is 12.2. The van der Waals surface area contributed by atoms with Crippen LogP contribution >= 0.6 is 0 Å². The van der Waals surface area contributed by atoms with Crippen LogP contribution in [0.2, 0.25) is 0 Å². The van der Waals surface area contributed by atoms with Gasteiger partial charge in [-0.1, -0.05) is 86.0 Å². The van der Waals surface area contributed by atoms with Crippen molar-refractivity contribution in [1.82, 2.24) is 0 Å². The van der Waals surface area contributed by atoms with E-state index in [9.17, 15) is 0 Å². The van der Waals surface area contributed by atoms with Gasteiger partial charge in [-0.2, -0.15) is 0 Å². The summed E-state index contributed by atoms with van der Waals surface area (Å²) < 4.78 is 0. The Morgan fingerprint density at radius 3 is 1.76 bits per heavy atom. The summed E-state index contributed by atoms with van der Waals surface area (Å²) in [5.41, 5.74) is 0. The summed E-state index contributed by atoms with van der Waals surface area (Å²) in [6.45, 7) is 11.7. The molecule has 0 aromatic rings. The highest BCUT2D eigenvalue weighted by Crippen LogP contribution is 2.24. The first kappa shape index (κ1) is 17.0. The molecule has 0 nitrogen and oxygen atoms in total. The summed E-state index contributed by atoms with van der Waals surface area (Å²) in [6.07, 6.45) is 13.0. The van der Waals surface area contributed by atoms with Gasteiger partial charge in [0, 0.05) is 0 Å². The molecule has 0 N–H and O–H groups in total. The van der Waals surface area contributed by atoms with Crippen LogP contribution in [-0.4, -0.2) is 0 Å². The van der Waals surface area contributed by atoms with E-state index < -0.39 is 0 Å². The quantitative estimate of drug-likeness (QED) is 0.364. The van der Waals surface area contributed by atoms with E-state index in [4.69, 9.17) is 0 Å². The molecule has 1 unspecified atom stereocenters. The second-order valence-electron chi connectivity index (χ2n) is 6.67. The van der Waals surface area contributed by atoms with Gasteiger partial charge in [0.1, 0.15) is 0 Å². The van der Waals surface area contributed by atoms with Gasteiger partial charge in [-0.3, -0.25) is 0 Å². The van der Waals surface area contributed by atoms with Crippen LogP contribution in [0, 0.1) is 17.8 Å². The molecule has 0 aromatic carbocycles. The van der Waals surface area contributed by atoms with Crippen LogP contribution in [0.25, 0.3) is 0 Å². The van der Waals surface area contributed by atoms with Gasteiger partial charge in [0.15, 0.2) is 0 Å². The Bertz CT molecular complexity index is 146. The van der Waals surface area contributed by atoms with Crippen LogP contribution in [-0.2, 0) is 0 Å². The van der Waals surface area contributed by atoms with Crippen LogP contribution in [0.15, 0.2) is 0 Å². The molecule has 1 atom stereocenters. The van der Waals surface area contributed by atoms with E-state index in [0.717, 1.165) is 17.8 Å². The van der Waals surface area contributed by atoms with Crippen LogP contribution in [0.3, 0.4) is 0 Å². The van der Waals surface area contributed by atoms with E-state index in [1.54, 1.807) is 0 Å². The lowest BCUT2D eigenvalue weighted by Crippen LogP contribution is -2.05. The lowest BCUT2D eigenvalue weighted by Gasteiger charge is -2.18. The molecule has 0 amide bonds. The fraction of sp³-hybridized carbons (Fsp3) is 1.00. The molecule has 104 valence electrons. The molecule has 0 saturated carbocycles. The van der Waals surface area contributed by atoms with Crippen molar-refractivity contribution in [1.29, 1.82) is 0 Å². The van der Waals surface area contributed by atoms with Gasteiger partial charge < -0.3 is 0 Å². The molecule has 0 aliphatic heterocycles. The second-order valence-corrected chi connectivity index (χ2v) is 6.67. The summed E-state index contributed by atoms with van der Waals surface area (Å²) >= 11 is 0. The van der Waals surface area contributed by atoms with Crippen LogP contribution in [0.1, 0.15) is 92.4 Å². The van der Waals surface area contributed by atoms with Crippen LogP contribution in [0.4, 0.5) is 0 Å². The molecule has 0 heteroatoms. The maximum atomic E-state index is 2.37. The van der Waals surface area contributed by atoms with Crippen LogP contribution < -0.4 is 0 Å². The summed E-state index contributed by atoms with van der Waals surface area (Å²) in [6, 6.07) is 0. The minimum absolute atomic E-state index is 0.882. The Kier molecular flexibility index (Phi) is 11.1. The van der Waals surface area contributed by atoms with E-state index in [-0.39, 0.29) is 0 Å². The van der Waals surface area contributed by atoms with Gasteiger partial charge in [0.05, 0.1) is 0 Å². The Labute approximate surface area is 111 Å². The average molecular weight is 240 g/mol. The predicted molar refractivity (Wildman–Crippen MR) is 80.4 cm³/mol. The third-order valence-corrected chi connectivity index (χ3v) is 3.66. The largest absolute Gasteiger partial charge is 0.0654 e. The van der Waals surface area contributed by atoms with E-state index in [1.807, 2.05) is 0 Å². The lowest BCUT2D eigenvalue weighted by atomic mass is 9.88. The zero-order valence-corrected chi connectivity index (χ0v) is 13.1. The lowest BCUT2D eigenvalue weighted by molar-refractivity contribution is 0.341. The maximum Gasteiger partial charge on any atom is -0.0412 e. The molecular formula is C17H36. The van der Waals surface area contributed by atoms with Crippen molar-refractivity contribution in [3.05, 3.63) is 0 Å². The van der Waals surface area contributed by atoms with E-state index in [2.05, 4.69) is 34.6 Å². The molecule has 0 saturated heterocycles. The Hall–Kier alpha value is 0. The maximum absolute atomic E-state index is 2.37. The van der Waals surface area contributed by atoms with E-state index in [0.29, 0.717) is 0 Å². The minimum atomic E-state index is 0.882. The molecule has 0 heterocycles. The molecule has 0 rings (SSSR count). The summed E-state index contributed by atoms with van der Waals surface area (Å²) in [5, 5.41) is 0.